The molecule has 1 fully saturated rings. The van der Waals surface area contributed by atoms with Crippen LogP contribution in [-0.2, 0) is 4.74 Å². The van der Waals surface area contributed by atoms with E-state index in [1.807, 2.05) is 0 Å². The van der Waals surface area contributed by atoms with E-state index in [4.69, 9.17) is 4.74 Å². The highest BCUT2D eigenvalue weighted by atomic mass is 16.5. The lowest BCUT2D eigenvalue weighted by Crippen LogP contribution is -2.60. The van der Waals surface area contributed by atoms with Crippen molar-refractivity contribution in [3.63, 3.8) is 0 Å². The van der Waals surface area contributed by atoms with Crippen molar-refractivity contribution >= 4 is 0 Å². The number of nitrogens with zero attached hydrogens (tertiary/aromatic N) is 1. The largest absolute Gasteiger partial charge is 0.380 e. The molecule has 1 saturated heterocycles. The summed E-state index contributed by atoms with van der Waals surface area (Å²) in [6.45, 7) is 18.8. The Kier molecular flexibility index (Phi) is 7.33. The molecule has 0 aromatic heterocycles. The topological polar surface area (TPSA) is 24.5 Å². The number of ether oxygens (including phenoxy) is 1. The van der Waals surface area contributed by atoms with Crippen molar-refractivity contribution in [2.75, 3.05) is 32.8 Å². The maximum absolute atomic E-state index is 5.76. The Morgan fingerprint density at radius 1 is 1.11 bits per heavy atom. The zero-order valence-electron chi connectivity index (χ0n) is 13.8. The predicted molar refractivity (Wildman–Crippen MR) is 82.5 cm³/mol. The molecule has 2 atom stereocenters. The van der Waals surface area contributed by atoms with Crippen molar-refractivity contribution in [2.24, 2.45) is 17.8 Å². The molecule has 0 aliphatic carbocycles. The van der Waals surface area contributed by atoms with Crippen molar-refractivity contribution in [3.8, 4) is 0 Å². The quantitative estimate of drug-likeness (QED) is 0.720. The van der Waals surface area contributed by atoms with Crippen LogP contribution < -0.4 is 5.32 Å². The molecule has 0 aromatic rings. The third kappa shape index (κ3) is 5.80. The van der Waals surface area contributed by atoms with E-state index in [1.165, 1.54) is 0 Å². The highest BCUT2D eigenvalue weighted by Crippen LogP contribution is 2.18. The number of nitrogens with one attached hydrogen (secondary N) is 1. The van der Waals surface area contributed by atoms with Gasteiger partial charge in [-0.1, -0.05) is 41.5 Å². The van der Waals surface area contributed by atoms with Gasteiger partial charge in [0.25, 0.3) is 0 Å². The third-order valence-electron chi connectivity index (χ3n) is 4.04. The first-order valence-electron chi connectivity index (χ1n) is 7.97. The van der Waals surface area contributed by atoms with E-state index in [2.05, 4.69) is 51.8 Å². The summed E-state index contributed by atoms with van der Waals surface area (Å²) < 4.78 is 5.76. The molecular formula is C16H34N2O. The van der Waals surface area contributed by atoms with Gasteiger partial charge in [-0.25, -0.2) is 0 Å². The Morgan fingerprint density at radius 3 is 2.32 bits per heavy atom. The van der Waals surface area contributed by atoms with Crippen molar-refractivity contribution in [2.45, 2.75) is 53.6 Å². The fourth-order valence-corrected chi connectivity index (χ4v) is 2.72. The van der Waals surface area contributed by atoms with E-state index < -0.39 is 0 Å². The monoisotopic (exact) mass is 270 g/mol. The second kappa shape index (κ2) is 8.23. The zero-order valence-corrected chi connectivity index (χ0v) is 13.8. The molecule has 114 valence electrons. The Morgan fingerprint density at radius 2 is 1.79 bits per heavy atom. The number of hydrogen-bond acceptors (Lipinski definition) is 3. The van der Waals surface area contributed by atoms with Gasteiger partial charge in [0, 0.05) is 38.3 Å². The second-order valence-electron chi connectivity index (χ2n) is 7.03. The summed E-state index contributed by atoms with van der Waals surface area (Å²) >= 11 is 0. The molecule has 1 aliphatic heterocycles. The van der Waals surface area contributed by atoms with Gasteiger partial charge in [0.05, 0.1) is 6.61 Å². The molecule has 3 heteroatoms. The summed E-state index contributed by atoms with van der Waals surface area (Å²) in [5.74, 6) is 2.03. The van der Waals surface area contributed by atoms with E-state index >= 15 is 0 Å². The van der Waals surface area contributed by atoms with Gasteiger partial charge in [0.15, 0.2) is 0 Å². The van der Waals surface area contributed by atoms with Crippen LogP contribution in [0.25, 0.3) is 0 Å². The molecule has 1 N–H and O–H groups in total. The van der Waals surface area contributed by atoms with Crippen LogP contribution in [-0.4, -0.2) is 49.8 Å². The standard InChI is InChI=1S/C16H34N2O/c1-12(2)11-19-8-7-18-10-15(13(3)4)17-9-16(18)14(5)6/h12-17H,7-11H2,1-6H3. The molecule has 1 heterocycles. The van der Waals surface area contributed by atoms with E-state index in [0.717, 1.165) is 32.8 Å². The van der Waals surface area contributed by atoms with E-state index in [9.17, 15) is 0 Å². The molecule has 1 aliphatic rings. The first kappa shape index (κ1) is 16.9. The summed E-state index contributed by atoms with van der Waals surface area (Å²) in [5, 5.41) is 3.71. The van der Waals surface area contributed by atoms with Crippen molar-refractivity contribution < 1.29 is 4.74 Å². The van der Waals surface area contributed by atoms with Gasteiger partial charge in [-0.3, -0.25) is 4.90 Å². The molecule has 2 unspecified atom stereocenters. The van der Waals surface area contributed by atoms with E-state index in [0.29, 0.717) is 29.8 Å². The summed E-state index contributed by atoms with van der Waals surface area (Å²) in [7, 11) is 0. The Balaban J connectivity index is 2.43. The Hall–Kier alpha value is -0.120. The Labute approximate surface area is 120 Å². The zero-order chi connectivity index (χ0) is 14.4. The van der Waals surface area contributed by atoms with Gasteiger partial charge < -0.3 is 10.1 Å². The van der Waals surface area contributed by atoms with Crippen LogP contribution in [0, 0.1) is 17.8 Å². The molecule has 3 nitrogen and oxygen atoms in total. The average molecular weight is 270 g/mol. The minimum atomic E-state index is 0.625. The molecule has 0 aromatic carbocycles. The maximum Gasteiger partial charge on any atom is 0.0593 e. The molecule has 0 saturated carbocycles. The molecule has 0 spiro atoms. The Bertz CT molecular complexity index is 241. The van der Waals surface area contributed by atoms with Crippen LogP contribution in [0.4, 0.5) is 0 Å². The van der Waals surface area contributed by atoms with Crippen LogP contribution in [0.2, 0.25) is 0 Å². The van der Waals surface area contributed by atoms with Gasteiger partial charge in [0.2, 0.25) is 0 Å². The van der Waals surface area contributed by atoms with Gasteiger partial charge in [-0.2, -0.15) is 0 Å². The second-order valence-corrected chi connectivity index (χ2v) is 7.03. The highest BCUT2D eigenvalue weighted by Gasteiger charge is 2.30. The van der Waals surface area contributed by atoms with Crippen LogP contribution in [0.15, 0.2) is 0 Å². The minimum absolute atomic E-state index is 0.625. The fourth-order valence-electron chi connectivity index (χ4n) is 2.72. The van der Waals surface area contributed by atoms with E-state index in [1.54, 1.807) is 0 Å². The number of piperazine rings is 1. The molecule has 19 heavy (non-hydrogen) atoms. The summed E-state index contributed by atoms with van der Waals surface area (Å²) in [6.07, 6.45) is 0. The smallest absolute Gasteiger partial charge is 0.0593 e. The fraction of sp³-hybridized carbons (Fsp3) is 1.00. The lowest BCUT2D eigenvalue weighted by Gasteiger charge is -2.43. The van der Waals surface area contributed by atoms with Gasteiger partial charge in [-0.05, 0) is 17.8 Å². The lowest BCUT2D eigenvalue weighted by molar-refractivity contribution is 0.0368. The first-order valence-corrected chi connectivity index (χ1v) is 7.97. The number of hydrogen-bond donors (Lipinski definition) is 1. The molecule has 0 bridgehead atoms. The van der Waals surface area contributed by atoms with E-state index in [-0.39, 0.29) is 0 Å². The molecule has 0 amide bonds. The van der Waals surface area contributed by atoms with Gasteiger partial charge in [-0.15, -0.1) is 0 Å². The van der Waals surface area contributed by atoms with Crippen LogP contribution >= 0.6 is 0 Å². The summed E-state index contributed by atoms with van der Waals surface area (Å²) in [6, 6.07) is 1.28. The maximum atomic E-state index is 5.76. The molecule has 1 rings (SSSR count). The van der Waals surface area contributed by atoms with Gasteiger partial charge in [0.1, 0.15) is 0 Å². The van der Waals surface area contributed by atoms with Crippen LogP contribution in [0.5, 0.6) is 0 Å². The van der Waals surface area contributed by atoms with Crippen LogP contribution in [0.3, 0.4) is 0 Å². The average Bonchev–Trinajstić information content (AvgIpc) is 2.33. The van der Waals surface area contributed by atoms with Gasteiger partial charge >= 0.3 is 0 Å². The number of rotatable bonds is 7. The molecule has 0 radical (unpaired) electrons. The highest BCUT2D eigenvalue weighted by molar-refractivity contribution is 4.88. The normalized spacial score (nSPS) is 25.7. The summed E-state index contributed by atoms with van der Waals surface area (Å²) in [5.41, 5.74) is 0. The van der Waals surface area contributed by atoms with Crippen LogP contribution in [0.1, 0.15) is 41.5 Å². The van der Waals surface area contributed by atoms with Crippen molar-refractivity contribution in [1.29, 1.82) is 0 Å². The first-order chi connectivity index (χ1) is 8.91. The summed E-state index contributed by atoms with van der Waals surface area (Å²) in [4.78, 5) is 2.63. The molecular weight excluding hydrogens is 236 g/mol. The predicted octanol–water partition coefficient (Wildman–Crippen LogP) is 2.61. The lowest BCUT2D eigenvalue weighted by atomic mass is 9.94. The minimum Gasteiger partial charge on any atom is -0.380 e. The van der Waals surface area contributed by atoms with Crippen molar-refractivity contribution in [1.82, 2.24) is 10.2 Å². The van der Waals surface area contributed by atoms with Crippen molar-refractivity contribution in [3.05, 3.63) is 0 Å². The SMILES string of the molecule is CC(C)COCCN1CC(C(C)C)NCC1C(C)C. The third-order valence-corrected chi connectivity index (χ3v) is 4.04.